The fourth-order valence-corrected chi connectivity index (χ4v) is 3.70. The summed E-state index contributed by atoms with van der Waals surface area (Å²) in [6.07, 6.45) is 1.88. The van der Waals surface area contributed by atoms with Gasteiger partial charge in [-0.1, -0.05) is 0 Å². The summed E-state index contributed by atoms with van der Waals surface area (Å²) in [5.74, 6) is 2.58. The summed E-state index contributed by atoms with van der Waals surface area (Å²) >= 11 is 0. The molecule has 0 spiro atoms. The molecule has 3 rings (SSSR count). The van der Waals surface area contributed by atoms with Crippen molar-refractivity contribution in [1.82, 2.24) is 35.2 Å². The second-order valence-electron chi connectivity index (χ2n) is 7.50. The standard InChI is InChI=1S/C20H34N8O2/c1-6-21-20(22-11-17-14(2)25-27(15(17)3)9-10-29-4)23-16-7-8-19-24-18(13-30-5)26-28(19)12-16/h16H,6-13H2,1-5H3,(H2,21,22,23). The third kappa shape index (κ3) is 5.37. The quantitative estimate of drug-likeness (QED) is 0.462. The van der Waals surface area contributed by atoms with Crippen LogP contribution in [0.1, 0.15) is 41.9 Å². The van der Waals surface area contributed by atoms with Crippen molar-refractivity contribution in [2.75, 3.05) is 27.4 Å². The van der Waals surface area contributed by atoms with Gasteiger partial charge in [0.2, 0.25) is 0 Å². The smallest absolute Gasteiger partial charge is 0.191 e. The van der Waals surface area contributed by atoms with Crippen LogP contribution in [-0.4, -0.2) is 63.9 Å². The van der Waals surface area contributed by atoms with Crippen molar-refractivity contribution in [1.29, 1.82) is 0 Å². The molecule has 0 saturated heterocycles. The van der Waals surface area contributed by atoms with Crippen molar-refractivity contribution in [3.8, 4) is 0 Å². The highest BCUT2D eigenvalue weighted by Gasteiger charge is 2.22. The normalized spacial score (nSPS) is 16.6. The number of rotatable bonds is 9. The number of aryl methyl sites for hydroxylation is 2. The molecule has 0 radical (unpaired) electrons. The number of hydrogen-bond acceptors (Lipinski definition) is 6. The van der Waals surface area contributed by atoms with Gasteiger partial charge in [-0.15, -0.1) is 0 Å². The number of aliphatic imine (C=N–C) groups is 1. The number of ether oxygens (including phenoxy) is 2. The number of nitrogens with zero attached hydrogens (tertiary/aromatic N) is 6. The van der Waals surface area contributed by atoms with Gasteiger partial charge >= 0.3 is 0 Å². The van der Waals surface area contributed by atoms with Gasteiger partial charge in [-0.25, -0.2) is 14.7 Å². The lowest BCUT2D eigenvalue weighted by Gasteiger charge is -2.25. The number of hydrogen-bond donors (Lipinski definition) is 2. The van der Waals surface area contributed by atoms with Crippen molar-refractivity contribution < 1.29 is 9.47 Å². The molecule has 10 heteroatoms. The molecule has 3 heterocycles. The SMILES string of the molecule is CCNC(=NCc1c(C)nn(CCOC)c1C)NC1CCc2nc(COC)nn2C1. The number of aromatic nitrogens is 5. The fraction of sp³-hybridized carbons (Fsp3) is 0.700. The van der Waals surface area contributed by atoms with E-state index in [1.807, 2.05) is 16.3 Å². The molecule has 2 aromatic heterocycles. The lowest BCUT2D eigenvalue weighted by molar-refractivity contribution is 0.177. The summed E-state index contributed by atoms with van der Waals surface area (Å²) in [4.78, 5) is 9.37. The first-order valence-electron chi connectivity index (χ1n) is 10.5. The molecule has 1 atom stereocenters. The summed E-state index contributed by atoms with van der Waals surface area (Å²) in [6, 6.07) is 0.249. The summed E-state index contributed by atoms with van der Waals surface area (Å²) in [7, 11) is 3.37. The van der Waals surface area contributed by atoms with E-state index in [0.717, 1.165) is 67.0 Å². The van der Waals surface area contributed by atoms with Crippen LogP contribution in [0.2, 0.25) is 0 Å². The van der Waals surface area contributed by atoms with Crippen LogP contribution in [0.15, 0.2) is 4.99 Å². The Morgan fingerprint density at radius 3 is 2.80 bits per heavy atom. The van der Waals surface area contributed by atoms with Gasteiger partial charge in [-0.3, -0.25) is 4.68 Å². The third-order valence-corrected chi connectivity index (χ3v) is 5.29. The zero-order chi connectivity index (χ0) is 21.5. The number of guanidine groups is 1. The molecule has 2 aromatic rings. The van der Waals surface area contributed by atoms with E-state index in [-0.39, 0.29) is 6.04 Å². The van der Waals surface area contributed by atoms with Crippen LogP contribution in [-0.2, 0) is 42.1 Å². The highest BCUT2D eigenvalue weighted by atomic mass is 16.5. The minimum Gasteiger partial charge on any atom is -0.383 e. The van der Waals surface area contributed by atoms with Gasteiger partial charge in [0, 0.05) is 44.5 Å². The summed E-state index contributed by atoms with van der Waals surface area (Å²) in [6.45, 7) is 10.2. The fourth-order valence-electron chi connectivity index (χ4n) is 3.70. The molecular weight excluding hydrogens is 384 g/mol. The maximum Gasteiger partial charge on any atom is 0.191 e. The Balaban J connectivity index is 1.66. The predicted octanol–water partition coefficient (Wildman–Crippen LogP) is 0.954. The largest absolute Gasteiger partial charge is 0.383 e. The van der Waals surface area contributed by atoms with Crippen LogP contribution in [0.4, 0.5) is 0 Å². The summed E-state index contributed by atoms with van der Waals surface area (Å²) < 4.78 is 14.3. The maximum absolute atomic E-state index is 5.18. The van der Waals surface area contributed by atoms with Crippen LogP contribution < -0.4 is 10.6 Å². The molecule has 30 heavy (non-hydrogen) atoms. The Hall–Kier alpha value is -2.46. The molecule has 1 aliphatic rings. The molecule has 0 bridgehead atoms. The van der Waals surface area contributed by atoms with E-state index < -0.39 is 0 Å². The van der Waals surface area contributed by atoms with Crippen molar-refractivity contribution in [2.24, 2.45) is 4.99 Å². The second kappa shape index (κ2) is 10.5. The zero-order valence-corrected chi connectivity index (χ0v) is 18.7. The topological polar surface area (TPSA) is 103 Å². The van der Waals surface area contributed by atoms with Crippen molar-refractivity contribution in [3.05, 3.63) is 28.6 Å². The number of fused-ring (bicyclic) bond motifs is 1. The highest BCUT2D eigenvalue weighted by molar-refractivity contribution is 5.80. The van der Waals surface area contributed by atoms with E-state index in [0.29, 0.717) is 19.8 Å². The molecular formula is C20H34N8O2. The highest BCUT2D eigenvalue weighted by Crippen LogP contribution is 2.15. The first kappa shape index (κ1) is 22.2. The average molecular weight is 419 g/mol. The molecule has 0 fully saturated rings. The minimum atomic E-state index is 0.249. The molecule has 2 N–H and O–H groups in total. The van der Waals surface area contributed by atoms with Gasteiger partial charge in [0.1, 0.15) is 12.4 Å². The van der Waals surface area contributed by atoms with E-state index in [9.17, 15) is 0 Å². The lowest BCUT2D eigenvalue weighted by atomic mass is 10.1. The zero-order valence-electron chi connectivity index (χ0n) is 18.7. The van der Waals surface area contributed by atoms with E-state index in [2.05, 4.69) is 39.7 Å². The first-order chi connectivity index (χ1) is 14.5. The third-order valence-electron chi connectivity index (χ3n) is 5.29. The monoisotopic (exact) mass is 418 g/mol. The second-order valence-corrected chi connectivity index (χ2v) is 7.50. The number of methoxy groups -OCH3 is 2. The van der Waals surface area contributed by atoms with Crippen LogP contribution >= 0.6 is 0 Å². The minimum absolute atomic E-state index is 0.249. The van der Waals surface area contributed by atoms with Crippen molar-refractivity contribution >= 4 is 5.96 Å². The Bertz CT molecular complexity index is 857. The van der Waals surface area contributed by atoms with E-state index in [1.54, 1.807) is 14.2 Å². The maximum atomic E-state index is 5.18. The molecule has 1 unspecified atom stereocenters. The van der Waals surface area contributed by atoms with Crippen LogP contribution in [0.5, 0.6) is 0 Å². The van der Waals surface area contributed by atoms with Gasteiger partial charge in [0.05, 0.1) is 31.9 Å². The lowest BCUT2D eigenvalue weighted by Crippen LogP contribution is -2.47. The Kier molecular flexibility index (Phi) is 7.81. The van der Waals surface area contributed by atoms with Crippen molar-refractivity contribution in [2.45, 2.75) is 65.9 Å². The van der Waals surface area contributed by atoms with E-state index >= 15 is 0 Å². The van der Waals surface area contributed by atoms with Gasteiger partial charge in [0.15, 0.2) is 11.8 Å². The van der Waals surface area contributed by atoms with E-state index in [4.69, 9.17) is 14.5 Å². The predicted molar refractivity (Wildman–Crippen MR) is 114 cm³/mol. The Morgan fingerprint density at radius 2 is 2.07 bits per heavy atom. The Labute approximate surface area is 178 Å². The average Bonchev–Trinajstić information content (AvgIpc) is 3.24. The van der Waals surface area contributed by atoms with E-state index in [1.165, 1.54) is 0 Å². The van der Waals surface area contributed by atoms with Crippen molar-refractivity contribution in [3.63, 3.8) is 0 Å². The van der Waals surface area contributed by atoms with Crippen LogP contribution in [0, 0.1) is 13.8 Å². The molecule has 0 amide bonds. The molecule has 166 valence electrons. The van der Waals surface area contributed by atoms with Gasteiger partial charge in [0.25, 0.3) is 0 Å². The molecule has 1 aliphatic heterocycles. The Morgan fingerprint density at radius 1 is 1.23 bits per heavy atom. The van der Waals surface area contributed by atoms with Gasteiger partial charge in [-0.05, 0) is 27.2 Å². The van der Waals surface area contributed by atoms with Gasteiger partial charge < -0.3 is 20.1 Å². The summed E-state index contributed by atoms with van der Waals surface area (Å²) in [5, 5.41) is 16.1. The summed E-state index contributed by atoms with van der Waals surface area (Å²) in [5.41, 5.74) is 3.31. The molecule has 0 saturated carbocycles. The first-order valence-corrected chi connectivity index (χ1v) is 10.5. The molecule has 0 aliphatic carbocycles. The molecule has 10 nitrogen and oxygen atoms in total. The molecule has 0 aromatic carbocycles. The number of nitrogens with one attached hydrogen (secondary N) is 2. The van der Waals surface area contributed by atoms with Crippen LogP contribution in [0.25, 0.3) is 0 Å². The van der Waals surface area contributed by atoms with Crippen LogP contribution in [0.3, 0.4) is 0 Å². The van der Waals surface area contributed by atoms with Gasteiger partial charge in [-0.2, -0.15) is 10.2 Å².